The number of aliphatic hydroxyl groups excluding tert-OH is 1. The number of thiophene rings is 1. The van der Waals surface area contributed by atoms with Crippen LogP contribution in [0.25, 0.3) is 0 Å². The van der Waals surface area contributed by atoms with Crippen molar-refractivity contribution in [3.8, 4) is 0 Å². The third-order valence-corrected chi connectivity index (χ3v) is 3.14. The number of aryl methyl sites for hydroxylation is 1. The van der Waals surface area contributed by atoms with Crippen LogP contribution in [0.1, 0.15) is 29.9 Å². The molecule has 1 heterocycles. The van der Waals surface area contributed by atoms with E-state index in [9.17, 15) is 5.11 Å². The van der Waals surface area contributed by atoms with Gasteiger partial charge in [0.15, 0.2) is 0 Å². The van der Waals surface area contributed by atoms with Crippen LogP contribution in [0, 0.1) is 6.92 Å². The molecule has 0 aromatic carbocycles. The van der Waals surface area contributed by atoms with Gasteiger partial charge in [-0.05, 0) is 30.4 Å². The molecule has 1 aromatic rings. The molecular weight excluding hydrogens is 170 g/mol. The Hall–Kier alpha value is -0.380. The van der Waals surface area contributed by atoms with Gasteiger partial charge in [-0.15, -0.1) is 11.3 Å². The lowest BCUT2D eigenvalue weighted by Gasteiger charge is -2.16. The summed E-state index contributed by atoms with van der Waals surface area (Å²) in [6.07, 6.45) is 0.313. The second-order valence-electron chi connectivity index (χ2n) is 2.98. The second kappa shape index (κ2) is 4.03. The Kier molecular flexibility index (Phi) is 3.26. The largest absolute Gasteiger partial charge is 0.386 e. The molecule has 2 atom stereocenters. The minimum Gasteiger partial charge on any atom is -0.386 e. The van der Waals surface area contributed by atoms with Gasteiger partial charge in [0.05, 0.1) is 0 Å². The minimum atomic E-state index is -0.491. The second-order valence-corrected chi connectivity index (χ2v) is 3.93. The molecule has 0 aliphatic carbocycles. The molecule has 12 heavy (non-hydrogen) atoms. The number of hydrogen-bond donors (Lipinski definition) is 2. The van der Waals surface area contributed by atoms with Crippen LogP contribution in [0.15, 0.2) is 11.4 Å². The van der Waals surface area contributed by atoms with Crippen molar-refractivity contribution in [2.45, 2.75) is 32.4 Å². The van der Waals surface area contributed by atoms with Crippen molar-refractivity contribution in [1.82, 2.24) is 0 Å². The lowest BCUT2D eigenvalue weighted by atomic mass is 10.1. The Labute approximate surface area is 77.0 Å². The zero-order valence-corrected chi connectivity index (χ0v) is 8.27. The molecule has 3 N–H and O–H groups in total. The molecule has 2 unspecified atom stereocenters. The third kappa shape index (κ3) is 1.86. The van der Waals surface area contributed by atoms with E-state index in [1.165, 1.54) is 0 Å². The fraction of sp³-hybridized carbons (Fsp3) is 0.556. The summed E-state index contributed by atoms with van der Waals surface area (Å²) in [5.74, 6) is 0. The first-order valence-corrected chi connectivity index (χ1v) is 5.02. The van der Waals surface area contributed by atoms with Crippen molar-refractivity contribution in [3.63, 3.8) is 0 Å². The zero-order chi connectivity index (χ0) is 9.14. The van der Waals surface area contributed by atoms with E-state index in [1.807, 2.05) is 25.3 Å². The molecule has 0 saturated heterocycles. The van der Waals surface area contributed by atoms with E-state index in [0.29, 0.717) is 0 Å². The van der Waals surface area contributed by atoms with Crippen molar-refractivity contribution in [2.24, 2.45) is 5.73 Å². The Morgan fingerprint density at radius 2 is 2.33 bits per heavy atom. The highest BCUT2D eigenvalue weighted by Gasteiger charge is 2.17. The van der Waals surface area contributed by atoms with E-state index in [4.69, 9.17) is 5.73 Å². The van der Waals surface area contributed by atoms with Crippen molar-refractivity contribution in [2.75, 3.05) is 0 Å². The third-order valence-electron chi connectivity index (χ3n) is 2.05. The molecule has 1 aromatic heterocycles. The van der Waals surface area contributed by atoms with Crippen LogP contribution in [-0.4, -0.2) is 11.1 Å². The SMILES string of the molecule is CCC(N)C(O)c1sccc1C. The summed E-state index contributed by atoms with van der Waals surface area (Å²) in [5, 5.41) is 11.7. The Morgan fingerprint density at radius 3 is 2.75 bits per heavy atom. The highest BCUT2D eigenvalue weighted by Crippen LogP contribution is 2.26. The summed E-state index contributed by atoms with van der Waals surface area (Å²) in [4.78, 5) is 1.00. The van der Waals surface area contributed by atoms with Crippen LogP contribution >= 0.6 is 11.3 Å². The van der Waals surface area contributed by atoms with Gasteiger partial charge in [0.25, 0.3) is 0 Å². The molecule has 0 saturated carbocycles. The molecule has 0 fully saturated rings. The molecule has 2 nitrogen and oxygen atoms in total. The average molecular weight is 185 g/mol. The summed E-state index contributed by atoms with van der Waals surface area (Å²) >= 11 is 1.57. The van der Waals surface area contributed by atoms with Gasteiger partial charge in [-0.25, -0.2) is 0 Å². The molecular formula is C9H15NOS. The van der Waals surface area contributed by atoms with Crippen LogP contribution in [0.3, 0.4) is 0 Å². The Balaban J connectivity index is 2.77. The molecule has 0 amide bonds. The summed E-state index contributed by atoms with van der Waals surface area (Å²) in [6, 6.07) is 1.87. The number of aliphatic hydroxyl groups is 1. The van der Waals surface area contributed by atoms with Gasteiger partial charge in [0.2, 0.25) is 0 Å². The van der Waals surface area contributed by atoms with Gasteiger partial charge >= 0.3 is 0 Å². The first kappa shape index (κ1) is 9.71. The minimum absolute atomic E-state index is 0.137. The van der Waals surface area contributed by atoms with E-state index in [1.54, 1.807) is 11.3 Å². The van der Waals surface area contributed by atoms with Crippen molar-refractivity contribution in [3.05, 3.63) is 21.9 Å². The van der Waals surface area contributed by atoms with Crippen molar-refractivity contribution < 1.29 is 5.11 Å². The van der Waals surface area contributed by atoms with Gasteiger partial charge in [-0.1, -0.05) is 6.92 Å². The van der Waals surface area contributed by atoms with E-state index in [0.717, 1.165) is 16.9 Å². The standard InChI is InChI=1S/C9H15NOS/c1-3-7(10)8(11)9-6(2)4-5-12-9/h4-5,7-8,11H,3,10H2,1-2H3. The molecule has 3 heteroatoms. The summed E-state index contributed by atoms with van der Waals surface area (Å²) in [7, 11) is 0. The molecule has 0 aliphatic heterocycles. The maximum Gasteiger partial charge on any atom is 0.103 e. The molecule has 0 radical (unpaired) electrons. The molecule has 0 spiro atoms. The quantitative estimate of drug-likeness (QED) is 0.754. The summed E-state index contributed by atoms with van der Waals surface area (Å²) in [5.41, 5.74) is 6.87. The van der Waals surface area contributed by atoms with Gasteiger partial charge < -0.3 is 10.8 Å². The summed E-state index contributed by atoms with van der Waals surface area (Å²) in [6.45, 7) is 3.98. The van der Waals surface area contributed by atoms with E-state index in [2.05, 4.69) is 0 Å². The van der Waals surface area contributed by atoms with Crippen molar-refractivity contribution in [1.29, 1.82) is 0 Å². The maximum absolute atomic E-state index is 9.74. The van der Waals surface area contributed by atoms with Crippen LogP contribution in [-0.2, 0) is 0 Å². The van der Waals surface area contributed by atoms with Crippen LogP contribution < -0.4 is 5.73 Å². The molecule has 68 valence electrons. The van der Waals surface area contributed by atoms with Crippen LogP contribution in [0.4, 0.5) is 0 Å². The maximum atomic E-state index is 9.74. The average Bonchev–Trinajstić information content (AvgIpc) is 2.48. The fourth-order valence-electron chi connectivity index (χ4n) is 1.11. The van der Waals surface area contributed by atoms with Gasteiger partial charge in [0.1, 0.15) is 6.10 Å². The number of rotatable bonds is 3. The zero-order valence-electron chi connectivity index (χ0n) is 7.45. The first-order valence-electron chi connectivity index (χ1n) is 4.14. The smallest absolute Gasteiger partial charge is 0.103 e. The van der Waals surface area contributed by atoms with Crippen LogP contribution in [0.5, 0.6) is 0 Å². The van der Waals surface area contributed by atoms with E-state index < -0.39 is 6.10 Å². The fourth-order valence-corrected chi connectivity index (χ4v) is 2.09. The monoisotopic (exact) mass is 185 g/mol. The van der Waals surface area contributed by atoms with E-state index in [-0.39, 0.29) is 6.04 Å². The van der Waals surface area contributed by atoms with Gasteiger partial charge in [0, 0.05) is 10.9 Å². The number of hydrogen-bond acceptors (Lipinski definition) is 3. The molecule has 1 rings (SSSR count). The van der Waals surface area contributed by atoms with Crippen LogP contribution in [0.2, 0.25) is 0 Å². The highest BCUT2D eigenvalue weighted by atomic mass is 32.1. The molecule has 0 aliphatic rings. The lowest BCUT2D eigenvalue weighted by molar-refractivity contribution is 0.147. The number of nitrogens with two attached hydrogens (primary N) is 1. The Bertz CT molecular complexity index is 246. The van der Waals surface area contributed by atoms with Gasteiger partial charge in [-0.3, -0.25) is 0 Å². The first-order chi connectivity index (χ1) is 5.66. The van der Waals surface area contributed by atoms with Gasteiger partial charge in [-0.2, -0.15) is 0 Å². The predicted octanol–water partition coefficient (Wildman–Crippen LogP) is 1.83. The van der Waals surface area contributed by atoms with Crippen molar-refractivity contribution >= 4 is 11.3 Å². The lowest BCUT2D eigenvalue weighted by Crippen LogP contribution is -2.27. The van der Waals surface area contributed by atoms with E-state index >= 15 is 0 Å². The summed E-state index contributed by atoms with van der Waals surface area (Å²) < 4.78 is 0. The normalized spacial score (nSPS) is 16.0. The topological polar surface area (TPSA) is 46.2 Å². The highest BCUT2D eigenvalue weighted by molar-refractivity contribution is 7.10. The molecule has 0 bridgehead atoms. The Morgan fingerprint density at radius 1 is 1.67 bits per heavy atom. The predicted molar refractivity (Wildman–Crippen MR) is 52.3 cm³/mol.